The van der Waals surface area contributed by atoms with Crippen LogP contribution < -0.4 is 10.1 Å². The molecule has 1 N–H and O–H groups in total. The molecule has 3 heteroatoms. The van der Waals surface area contributed by atoms with Crippen LogP contribution in [0.15, 0.2) is 18.2 Å². The molecule has 1 aliphatic heterocycles. The van der Waals surface area contributed by atoms with E-state index in [0.29, 0.717) is 11.8 Å². The predicted molar refractivity (Wildman–Crippen MR) is 88.4 cm³/mol. The van der Waals surface area contributed by atoms with Crippen LogP contribution in [0.1, 0.15) is 56.4 Å². The maximum absolute atomic E-state index is 6.22. The Hall–Kier alpha value is -0.730. The minimum atomic E-state index is 0.636. The summed E-state index contributed by atoms with van der Waals surface area (Å²) in [5.74, 6) is 2.35. The van der Waals surface area contributed by atoms with Gasteiger partial charge in [0.15, 0.2) is 0 Å². The fourth-order valence-electron chi connectivity index (χ4n) is 3.66. The molecule has 1 saturated carbocycles. The first kappa shape index (κ1) is 15.2. The molecular weight excluding hydrogens is 282 g/mol. The molecule has 0 radical (unpaired) electrons. The number of nitrogens with one attached hydrogen (secondary N) is 1. The van der Waals surface area contributed by atoms with Crippen LogP contribution in [0.2, 0.25) is 5.02 Å². The third-order valence-electron chi connectivity index (χ3n) is 4.89. The molecule has 0 amide bonds. The average Bonchev–Trinajstić information content (AvgIpc) is 2.55. The smallest absolute Gasteiger partial charge is 0.122 e. The molecule has 0 bridgehead atoms. The zero-order chi connectivity index (χ0) is 14.5. The van der Waals surface area contributed by atoms with Gasteiger partial charge >= 0.3 is 0 Å². The van der Waals surface area contributed by atoms with Crippen LogP contribution in [-0.4, -0.2) is 19.7 Å². The van der Waals surface area contributed by atoms with E-state index in [2.05, 4.69) is 17.4 Å². The third-order valence-corrected chi connectivity index (χ3v) is 5.13. The highest BCUT2D eigenvalue weighted by molar-refractivity contribution is 6.30. The molecule has 0 aromatic heterocycles. The first-order chi connectivity index (χ1) is 10.3. The maximum atomic E-state index is 6.22. The summed E-state index contributed by atoms with van der Waals surface area (Å²) in [4.78, 5) is 0. The molecule has 1 aromatic carbocycles. The van der Waals surface area contributed by atoms with Crippen LogP contribution >= 0.6 is 11.6 Å². The van der Waals surface area contributed by atoms with E-state index in [-0.39, 0.29) is 0 Å². The zero-order valence-electron chi connectivity index (χ0n) is 12.7. The van der Waals surface area contributed by atoms with Crippen LogP contribution in [0.25, 0.3) is 0 Å². The number of rotatable bonds is 4. The van der Waals surface area contributed by atoms with Crippen molar-refractivity contribution in [3.05, 3.63) is 28.8 Å². The number of hydrogen-bond acceptors (Lipinski definition) is 2. The van der Waals surface area contributed by atoms with Gasteiger partial charge in [-0.25, -0.2) is 0 Å². The SMILES string of the molecule is Clc1ccc(OC[C@@H]2CCCNC2)c(C2CCCCC2)c1. The third kappa shape index (κ3) is 4.14. The topological polar surface area (TPSA) is 21.3 Å². The quantitative estimate of drug-likeness (QED) is 0.865. The second-order valence-corrected chi connectivity index (χ2v) is 6.98. The largest absolute Gasteiger partial charge is 0.493 e. The van der Waals surface area contributed by atoms with Gasteiger partial charge < -0.3 is 10.1 Å². The number of benzene rings is 1. The lowest BCUT2D eigenvalue weighted by Crippen LogP contribution is -2.33. The van der Waals surface area contributed by atoms with Gasteiger partial charge in [-0.05, 0) is 61.9 Å². The molecule has 2 nitrogen and oxygen atoms in total. The molecule has 0 unspecified atom stereocenters. The van der Waals surface area contributed by atoms with Gasteiger partial charge in [0.05, 0.1) is 6.61 Å². The van der Waals surface area contributed by atoms with Crippen LogP contribution in [0, 0.1) is 5.92 Å². The molecule has 1 aromatic rings. The highest BCUT2D eigenvalue weighted by Crippen LogP contribution is 2.38. The lowest BCUT2D eigenvalue weighted by molar-refractivity contribution is 0.215. The normalized spacial score (nSPS) is 24.0. The van der Waals surface area contributed by atoms with Crippen molar-refractivity contribution in [2.75, 3.05) is 19.7 Å². The van der Waals surface area contributed by atoms with E-state index < -0.39 is 0 Å². The van der Waals surface area contributed by atoms with Crippen molar-refractivity contribution in [3.8, 4) is 5.75 Å². The van der Waals surface area contributed by atoms with Crippen LogP contribution in [0.4, 0.5) is 0 Å². The number of halogens is 1. The van der Waals surface area contributed by atoms with Crippen LogP contribution in [-0.2, 0) is 0 Å². The minimum Gasteiger partial charge on any atom is -0.493 e. The van der Waals surface area contributed by atoms with Crippen LogP contribution in [0.5, 0.6) is 5.75 Å². The molecule has 0 spiro atoms. The summed E-state index contributed by atoms with van der Waals surface area (Å²) >= 11 is 6.22. The Morgan fingerprint density at radius 2 is 1.95 bits per heavy atom. The van der Waals surface area contributed by atoms with Crippen LogP contribution in [0.3, 0.4) is 0 Å². The first-order valence-corrected chi connectivity index (χ1v) is 8.83. The van der Waals surface area contributed by atoms with Gasteiger partial charge in [0.25, 0.3) is 0 Å². The van der Waals surface area contributed by atoms with Crippen molar-refractivity contribution in [1.82, 2.24) is 5.32 Å². The molecule has 2 fully saturated rings. The summed E-state index contributed by atoms with van der Waals surface area (Å²) in [7, 11) is 0. The lowest BCUT2D eigenvalue weighted by atomic mass is 9.83. The fourth-order valence-corrected chi connectivity index (χ4v) is 3.84. The second-order valence-electron chi connectivity index (χ2n) is 6.54. The zero-order valence-corrected chi connectivity index (χ0v) is 13.5. The molecule has 1 atom stereocenters. The first-order valence-electron chi connectivity index (χ1n) is 8.46. The van der Waals surface area contributed by atoms with Gasteiger partial charge in [-0.15, -0.1) is 0 Å². The van der Waals surface area contributed by atoms with Gasteiger partial charge in [0.1, 0.15) is 5.75 Å². The van der Waals surface area contributed by atoms with Gasteiger partial charge in [-0.1, -0.05) is 30.9 Å². The van der Waals surface area contributed by atoms with Gasteiger partial charge in [0, 0.05) is 17.5 Å². The number of ether oxygens (including phenoxy) is 1. The van der Waals surface area contributed by atoms with Crippen molar-refractivity contribution in [1.29, 1.82) is 0 Å². The summed E-state index contributed by atoms with van der Waals surface area (Å²) < 4.78 is 6.19. The average molecular weight is 308 g/mol. The Kier molecular flexibility index (Phi) is 5.43. The molecule has 1 heterocycles. The van der Waals surface area contributed by atoms with Crippen molar-refractivity contribution in [2.45, 2.75) is 50.9 Å². The Morgan fingerprint density at radius 1 is 1.10 bits per heavy atom. The van der Waals surface area contributed by atoms with Gasteiger partial charge in [-0.2, -0.15) is 0 Å². The lowest BCUT2D eigenvalue weighted by Gasteiger charge is -2.26. The summed E-state index contributed by atoms with van der Waals surface area (Å²) in [6, 6.07) is 6.16. The van der Waals surface area contributed by atoms with Gasteiger partial charge in [-0.3, -0.25) is 0 Å². The predicted octanol–water partition coefficient (Wildman–Crippen LogP) is 4.77. The van der Waals surface area contributed by atoms with Crippen molar-refractivity contribution in [3.63, 3.8) is 0 Å². The van der Waals surface area contributed by atoms with E-state index >= 15 is 0 Å². The summed E-state index contributed by atoms with van der Waals surface area (Å²) in [5.41, 5.74) is 1.34. The molecule has 2 aliphatic rings. The Bertz CT molecular complexity index is 451. The highest BCUT2D eigenvalue weighted by atomic mass is 35.5. The number of hydrogen-bond donors (Lipinski definition) is 1. The van der Waals surface area contributed by atoms with E-state index in [0.717, 1.165) is 30.5 Å². The van der Waals surface area contributed by atoms with Gasteiger partial charge in [0.2, 0.25) is 0 Å². The van der Waals surface area contributed by atoms with E-state index in [1.54, 1.807) is 0 Å². The Morgan fingerprint density at radius 3 is 2.71 bits per heavy atom. The molecular formula is C18H26ClNO. The Balaban J connectivity index is 1.68. The van der Waals surface area contributed by atoms with E-state index in [1.807, 2.05) is 6.07 Å². The summed E-state index contributed by atoms with van der Waals surface area (Å²) in [6.07, 6.45) is 9.15. The molecule has 1 saturated heterocycles. The molecule has 1 aliphatic carbocycles. The maximum Gasteiger partial charge on any atom is 0.122 e. The number of piperidine rings is 1. The van der Waals surface area contributed by atoms with E-state index in [9.17, 15) is 0 Å². The standard InChI is InChI=1S/C18H26ClNO/c19-16-8-9-18(21-13-14-5-4-10-20-12-14)17(11-16)15-6-2-1-3-7-15/h8-9,11,14-15,20H,1-7,10,12-13H2/t14-/m1/s1. The highest BCUT2D eigenvalue weighted by Gasteiger charge is 2.21. The summed E-state index contributed by atoms with van der Waals surface area (Å²) in [6.45, 7) is 3.07. The van der Waals surface area contributed by atoms with Crippen molar-refractivity contribution < 1.29 is 4.74 Å². The van der Waals surface area contributed by atoms with E-state index in [4.69, 9.17) is 16.3 Å². The monoisotopic (exact) mass is 307 g/mol. The van der Waals surface area contributed by atoms with E-state index in [1.165, 1.54) is 50.5 Å². The molecule has 21 heavy (non-hydrogen) atoms. The minimum absolute atomic E-state index is 0.636. The van der Waals surface area contributed by atoms with Crippen molar-refractivity contribution in [2.24, 2.45) is 5.92 Å². The van der Waals surface area contributed by atoms with Crippen molar-refractivity contribution >= 4 is 11.6 Å². The summed E-state index contributed by atoms with van der Waals surface area (Å²) in [5, 5.41) is 4.29. The Labute approximate surface area is 133 Å². The second kappa shape index (κ2) is 7.51. The fraction of sp³-hybridized carbons (Fsp3) is 0.667. The molecule has 116 valence electrons. The molecule has 3 rings (SSSR count).